The summed E-state index contributed by atoms with van der Waals surface area (Å²) in [4.78, 5) is 12.6. The van der Waals surface area contributed by atoms with Crippen LogP contribution in [0.25, 0.3) is 0 Å². The fourth-order valence-corrected chi connectivity index (χ4v) is 3.00. The molecule has 0 saturated carbocycles. The van der Waals surface area contributed by atoms with Gasteiger partial charge in [-0.3, -0.25) is 4.79 Å². The third-order valence-corrected chi connectivity index (χ3v) is 4.59. The van der Waals surface area contributed by atoms with Crippen LogP contribution in [-0.2, 0) is 0 Å². The van der Waals surface area contributed by atoms with Gasteiger partial charge in [-0.2, -0.15) is 0 Å². The number of ether oxygens (including phenoxy) is 2. The topological polar surface area (TPSA) is 73.6 Å². The van der Waals surface area contributed by atoms with Crippen LogP contribution in [0.15, 0.2) is 17.5 Å². The van der Waals surface area contributed by atoms with Crippen LogP contribution in [0, 0.1) is 6.92 Å². The number of nitrogens with one attached hydrogen (secondary N) is 1. The predicted octanol–water partition coefficient (Wildman–Crippen LogP) is 3.27. The Bertz CT molecular complexity index is 699. The minimum atomic E-state index is -0.293. The second-order valence-corrected chi connectivity index (χ2v) is 5.57. The van der Waals surface area contributed by atoms with Gasteiger partial charge in [-0.1, -0.05) is 11.6 Å². The fourth-order valence-electron chi connectivity index (χ4n) is 1.83. The lowest BCUT2D eigenvalue weighted by Gasteiger charge is -2.08. The van der Waals surface area contributed by atoms with Crippen LogP contribution >= 0.6 is 22.9 Å². The van der Waals surface area contributed by atoms with Gasteiger partial charge < -0.3 is 20.5 Å². The van der Waals surface area contributed by atoms with Crippen LogP contribution in [0.5, 0.6) is 11.5 Å². The molecule has 1 aromatic carbocycles. The van der Waals surface area contributed by atoms with Crippen molar-refractivity contribution < 1.29 is 14.3 Å². The zero-order valence-electron chi connectivity index (χ0n) is 10.5. The highest BCUT2D eigenvalue weighted by atomic mass is 35.5. The molecular weight excluding hydrogens is 300 g/mol. The van der Waals surface area contributed by atoms with Crippen LogP contribution in [0.3, 0.4) is 0 Å². The highest BCUT2D eigenvalue weighted by molar-refractivity contribution is 7.13. The summed E-state index contributed by atoms with van der Waals surface area (Å²) in [6.45, 7) is 2.01. The van der Waals surface area contributed by atoms with Gasteiger partial charge in [-0.15, -0.1) is 11.3 Å². The number of anilines is 2. The first kappa shape index (κ1) is 13.1. The van der Waals surface area contributed by atoms with E-state index in [2.05, 4.69) is 5.32 Å². The quantitative estimate of drug-likeness (QED) is 0.835. The average molecular weight is 311 g/mol. The van der Waals surface area contributed by atoms with E-state index in [0.717, 1.165) is 5.56 Å². The minimum absolute atomic E-state index is 0.155. The monoisotopic (exact) mass is 310 g/mol. The molecule has 7 heteroatoms. The van der Waals surface area contributed by atoms with Crippen LogP contribution in [0.4, 0.5) is 11.4 Å². The summed E-state index contributed by atoms with van der Waals surface area (Å²) >= 11 is 7.37. The smallest absolute Gasteiger partial charge is 0.267 e. The molecule has 104 valence electrons. The number of rotatable bonds is 2. The molecule has 0 saturated heterocycles. The number of carbonyl (C=O) groups excluding carboxylic acids is 1. The summed E-state index contributed by atoms with van der Waals surface area (Å²) in [5, 5.41) is 5.04. The molecule has 0 fully saturated rings. The van der Waals surface area contributed by atoms with Crippen molar-refractivity contribution in [1.29, 1.82) is 0 Å². The Balaban J connectivity index is 1.88. The molecular formula is C13H11ClN2O3S. The first-order valence-corrected chi connectivity index (χ1v) is 7.06. The van der Waals surface area contributed by atoms with E-state index in [0.29, 0.717) is 32.8 Å². The van der Waals surface area contributed by atoms with E-state index in [1.807, 2.05) is 12.3 Å². The number of nitrogen functional groups attached to an aromatic ring is 1. The Hall–Kier alpha value is -1.92. The summed E-state index contributed by atoms with van der Waals surface area (Å²) in [6.07, 6.45) is 0. The van der Waals surface area contributed by atoms with Gasteiger partial charge in [0.15, 0.2) is 11.5 Å². The Labute approximate surface area is 124 Å². The average Bonchev–Trinajstić information content (AvgIpc) is 2.98. The number of amides is 1. The zero-order chi connectivity index (χ0) is 14.3. The Morgan fingerprint density at radius 1 is 1.40 bits per heavy atom. The molecule has 1 aromatic heterocycles. The molecule has 5 nitrogen and oxygen atoms in total. The van der Waals surface area contributed by atoms with Crippen molar-refractivity contribution in [3.63, 3.8) is 0 Å². The Morgan fingerprint density at radius 2 is 2.10 bits per heavy atom. The van der Waals surface area contributed by atoms with E-state index in [9.17, 15) is 4.79 Å². The van der Waals surface area contributed by atoms with Crippen molar-refractivity contribution >= 4 is 40.2 Å². The maximum Gasteiger partial charge on any atom is 0.267 e. The maximum absolute atomic E-state index is 12.2. The van der Waals surface area contributed by atoms with E-state index in [1.54, 1.807) is 12.1 Å². The molecule has 3 N–H and O–H groups in total. The largest absolute Gasteiger partial charge is 0.454 e. The Kier molecular flexibility index (Phi) is 3.19. The molecule has 0 aliphatic carbocycles. The third-order valence-electron chi connectivity index (χ3n) is 2.90. The van der Waals surface area contributed by atoms with E-state index in [1.165, 1.54) is 11.3 Å². The van der Waals surface area contributed by atoms with Crippen molar-refractivity contribution in [2.45, 2.75) is 6.92 Å². The summed E-state index contributed by atoms with van der Waals surface area (Å²) in [5.74, 6) is 0.840. The van der Waals surface area contributed by atoms with E-state index >= 15 is 0 Å². The molecule has 2 heterocycles. The van der Waals surface area contributed by atoms with Gasteiger partial charge in [0.1, 0.15) is 4.88 Å². The summed E-state index contributed by atoms with van der Waals surface area (Å²) < 4.78 is 10.5. The standard InChI is InChI=1S/C13H11ClN2O3S/c1-6-4-20-12(11(6)14)13(17)16-8-3-10-9(2-7(8)15)18-5-19-10/h2-4H,5,15H2,1H3,(H,16,17). The molecule has 0 atom stereocenters. The lowest BCUT2D eigenvalue weighted by atomic mass is 10.2. The number of benzene rings is 1. The number of hydrogen-bond donors (Lipinski definition) is 2. The van der Waals surface area contributed by atoms with Gasteiger partial charge in [0.05, 0.1) is 16.4 Å². The van der Waals surface area contributed by atoms with Gasteiger partial charge in [0.25, 0.3) is 5.91 Å². The van der Waals surface area contributed by atoms with Crippen molar-refractivity contribution in [2.75, 3.05) is 17.8 Å². The van der Waals surface area contributed by atoms with Gasteiger partial charge in [0, 0.05) is 12.1 Å². The second kappa shape index (κ2) is 4.88. The molecule has 1 aliphatic heterocycles. The SMILES string of the molecule is Cc1csc(C(=O)Nc2cc3c(cc2N)OCO3)c1Cl. The van der Waals surface area contributed by atoms with E-state index in [4.69, 9.17) is 26.8 Å². The number of hydrogen-bond acceptors (Lipinski definition) is 5. The normalized spacial score (nSPS) is 12.5. The minimum Gasteiger partial charge on any atom is -0.454 e. The van der Waals surface area contributed by atoms with Crippen LogP contribution in [0.2, 0.25) is 5.02 Å². The predicted molar refractivity (Wildman–Crippen MR) is 79.0 cm³/mol. The van der Waals surface area contributed by atoms with Crippen LogP contribution in [-0.4, -0.2) is 12.7 Å². The Morgan fingerprint density at radius 3 is 2.75 bits per heavy atom. The van der Waals surface area contributed by atoms with Crippen LogP contribution in [0.1, 0.15) is 15.2 Å². The molecule has 1 amide bonds. The molecule has 3 rings (SSSR count). The van der Waals surface area contributed by atoms with E-state index < -0.39 is 0 Å². The fraction of sp³-hybridized carbons (Fsp3) is 0.154. The highest BCUT2D eigenvalue weighted by Crippen LogP contribution is 2.38. The molecule has 0 spiro atoms. The summed E-state index contributed by atoms with van der Waals surface area (Å²) in [6, 6.07) is 3.27. The summed E-state index contributed by atoms with van der Waals surface area (Å²) in [5.41, 5.74) is 7.64. The number of halogens is 1. The maximum atomic E-state index is 12.2. The van der Waals surface area contributed by atoms with Crippen molar-refractivity contribution in [3.05, 3.63) is 33.0 Å². The van der Waals surface area contributed by atoms with Gasteiger partial charge >= 0.3 is 0 Å². The summed E-state index contributed by atoms with van der Waals surface area (Å²) in [7, 11) is 0. The van der Waals surface area contributed by atoms with Gasteiger partial charge in [-0.05, 0) is 17.9 Å². The molecule has 20 heavy (non-hydrogen) atoms. The van der Waals surface area contributed by atoms with Crippen molar-refractivity contribution in [3.8, 4) is 11.5 Å². The van der Waals surface area contributed by atoms with E-state index in [-0.39, 0.29) is 12.7 Å². The second-order valence-electron chi connectivity index (χ2n) is 4.31. The molecule has 0 bridgehead atoms. The molecule has 2 aromatic rings. The zero-order valence-corrected chi connectivity index (χ0v) is 12.1. The van der Waals surface area contributed by atoms with Gasteiger partial charge in [-0.25, -0.2) is 0 Å². The number of carbonyl (C=O) groups is 1. The van der Waals surface area contributed by atoms with Gasteiger partial charge in [0.2, 0.25) is 6.79 Å². The number of fused-ring (bicyclic) bond motifs is 1. The lowest BCUT2D eigenvalue weighted by Crippen LogP contribution is -2.12. The molecule has 0 unspecified atom stereocenters. The number of aryl methyl sites for hydroxylation is 1. The first-order chi connectivity index (χ1) is 9.56. The molecule has 0 radical (unpaired) electrons. The number of thiophene rings is 1. The molecule has 1 aliphatic rings. The first-order valence-electron chi connectivity index (χ1n) is 5.80. The lowest BCUT2D eigenvalue weighted by molar-refractivity contribution is 0.103. The van der Waals surface area contributed by atoms with Crippen molar-refractivity contribution in [2.24, 2.45) is 0 Å². The third kappa shape index (κ3) is 2.17. The van der Waals surface area contributed by atoms with Crippen LogP contribution < -0.4 is 20.5 Å². The highest BCUT2D eigenvalue weighted by Gasteiger charge is 2.19. The number of nitrogens with two attached hydrogens (primary N) is 1. The van der Waals surface area contributed by atoms with Crippen molar-refractivity contribution in [1.82, 2.24) is 0 Å².